The molecule has 90 valence electrons. The lowest BCUT2D eigenvalue weighted by atomic mass is 9.87. The van der Waals surface area contributed by atoms with Crippen molar-refractivity contribution in [3.63, 3.8) is 0 Å². The van der Waals surface area contributed by atoms with Gasteiger partial charge in [-0.3, -0.25) is 4.98 Å². The van der Waals surface area contributed by atoms with E-state index in [1.807, 2.05) is 19.3 Å². The summed E-state index contributed by atoms with van der Waals surface area (Å²) < 4.78 is 0. The van der Waals surface area contributed by atoms with Gasteiger partial charge in [-0.2, -0.15) is 0 Å². The Balaban J connectivity index is 2.72. The van der Waals surface area contributed by atoms with Gasteiger partial charge in [-0.1, -0.05) is 26.8 Å². The molecule has 0 radical (unpaired) electrons. The molecule has 1 N–H and O–H groups in total. The molecule has 0 aliphatic carbocycles. The Bertz CT molecular complexity index is 326. The lowest BCUT2D eigenvalue weighted by Gasteiger charge is -2.23. The maximum atomic E-state index is 4.35. The Kier molecular flexibility index (Phi) is 4.48. The second kappa shape index (κ2) is 5.44. The quantitative estimate of drug-likeness (QED) is 0.840. The Labute approximate surface area is 99.5 Å². The van der Waals surface area contributed by atoms with Gasteiger partial charge in [0.15, 0.2) is 0 Å². The molecule has 1 heterocycles. The maximum Gasteiger partial charge on any atom is 0.0420 e. The van der Waals surface area contributed by atoms with Crippen LogP contribution in [0.1, 0.15) is 50.9 Å². The molecular weight excluding hydrogens is 196 g/mol. The summed E-state index contributed by atoms with van der Waals surface area (Å²) in [7, 11) is 2.03. The van der Waals surface area contributed by atoms with Crippen LogP contribution in [-0.2, 0) is 0 Å². The molecule has 0 spiro atoms. The molecular formula is C14H24N2. The van der Waals surface area contributed by atoms with Gasteiger partial charge >= 0.3 is 0 Å². The molecule has 0 fully saturated rings. The largest absolute Gasteiger partial charge is 0.313 e. The van der Waals surface area contributed by atoms with E-state index in [0.29, 0.717) is 11.5 Å². The van der Waals surface area contributed by atoms with Gasteiger partial charge in [-0.25, -0.2) is 0 Å². The van der Waals surface area contributed by atoms with E-state index in [2.05, 4.69) is 44.1 Å². The predicted molar refractivity (Wildman–Crippen MR) is 69.5 cm³/mol. The highest BCUT2D eigenvalue weighted by molar-refractivity contribution is 5.22. The molecule has 1 aromatic heterocycles. The van der Waals surface area contributed by atoms with Crippen LogP contribution in [0.25, 0.3) is 0 Å². The van der Waals surface area contributed by atoms with E-state index >= 15 is 0 Å². The summed E-state index contributed by atoms with van der Waals surface area (Å²) >= 11 is 0. The van der Waals surface area contributed by atoms with Crippen LogP contribution in [0.3, 0.4) is 0 Å². The van der Waals surface area contributed by atoms with E-state index in [1.165, 1.54) is 12.0 Å². The van der Waals surface area contributed by atoms with E-state index in [1.54, 1.807) is 0 Å². The molecule has 1 unspecified atom stereocenters. The van der Waals surface area contributed by atoms with E-state index in [4.69, 9.17) is 0 Å². The van der Waals surface area contributed by atoms with Crippen molar-refractivity contribution < 1.29 is 0 Å². The van der Waals surface area contributed by atoms with Crippen molar-refractivity contribution in [2.75, 3.05) is 7.05 Å². The first kappa shape index (κ1) is 13.2. The Hall–Kier alpha value is -0.890. The van der Waals surface area contributed by atoms with Crippen LogP contribution in [0.5, 0.6) is 0 Å². The summed E-state index contributed by atoms with van der Waals surface area (Å²) in [4.78, 5) is 4.35. The average molecular weight is 220 g/mol. The second-order valence-corrected chi connectivity index (χ2v) is 5.62. The third-order valence-electron chi connectivity index (χ3n) is 2.95. The van der Waals surface area contributed by atoms with Crippen molar-refractivity contribution in [3.8, 4) is 0 Å². The summed E-state index contributed by atoms with van der Waals surface area (Å²) in [6.07, 6.45) is 4.23. The molecule has 2 nitrogen and oxygen atoms in total. The van der Waals surface area contributed by atoms with Gasteiger partial charge in [0.1, 0.15) is 0 Å². The fraction of sp³-hybridized carbons (Fsp3) is 0.643. The lowest BCUT2D eigenvalue weighted by molar-refractivity contribution is 0.337. The van der Waals surface area contributed by atoms with E-state index in [-0.39, 0.29) is 0 Å². The SMILES string of the molecule is CNC(CCC(C)(C)C)c1cccnc1C. The number of aromatic nitrogens is 1. The van der Waals surface area contributed by atoms with Gasteiger partial charge < -0.3 is 5.32 Å². The predicted octanol–water partition coefficient (Wildman–Crippen LogP) is 3.48. The normalized spacial score (nSPS) is 13.8. The summed E-state index contributed by atoms with van der Waals surface area (Å²) in [5.74, 6) is 0. The number of hydrogen-bond acceptors (Lipinski definition) is 2. The molecule has 0 amide bonds. The number of rotatable bonds is 4. The van der Waals surface area contributed by atoms with Crippen molar-refractivity contribution in [2.45, 2.75) is 46.6 Å². The first-order valence-electron chi connectivity index (χ1n) is 6.03. The van der Waals surface area contributed by atoms with Gasteiger partial charge in [-0.05, 0) is 43.9 Å². The minimum Gasteiger partial charge on any atom is -0.313 e. The third kappa shape index (κ3) is 3.93. The summed E-state index contributed by atoms with van der Waals surface area (Å²) in [5, 5.41) is 3.39. The van der Waals surface area contributed by atoms with E-state index in [9.17, 15) is 0 Å². The highest BCUT2D eigenvalue weighted by atomic mass is 14.9. The minimum absolute atomic E-state index is 0.394. The average Bonchev–Trinajstić information content (AvgIpc) is 2.20. The zero-order valence-electron chi connectivity index (χ0n) is 11.2. The number of hydrogen-bond donors (Lipinski definition) is 1. The molecule has 1 rings (SSSR count). The molecule has 2 heteroatoms. The van der Waals surface area contributed by atoms with Gasteiger partial charge in [0, 0.05) is 17.9 Å². The zero-order chi connectivity index (χ0) is 12.2. The minimum atomic E-state index is 0.394. The first-order chi connectivity index (χ1) is 7.44. The molecule has 0 aliphatic rings. The van der Waals surface area contributed by atoms with Crippen LogP contribution < -0.4 is 5.32 Å². The first-order valence-corrected chi connectivity index (χ1v) is 6.03. The number of aryl methyl sites for hydroxylation is 1. The maximum absolute atomic E-state index is 4.35. The highest BCUT2D eigenvalue weighted by Crippen LogP contribution is 2.27. The molecule has 0 saturated heterocycles. The fourth-order valence-corrected chi connectivity index (χ4v) is 1.90. The molecule has 0 bridgehead atoms. The van der Waals surface area contributed by atoms with Crippen molar-refractivity contribution in [1.82, 2.24) is 10.3 Å². The highest BCUT2D eigenvalue weighted by Gasteiger charge is 2.16. The Morgan fingerprint density at radius 2 is 2.06 bits per heavy atom. The van der Waals surface area contributed by atoms with Gasteiger partial charge in [0.2, 0.25) is 0 Å². The molecule has 0 aliphatic heterocycles. The van der Waals surface area contributed by atoms with Crippen LogP contribution in [0.4, 0.5) is 0 Å². The van der Waals surface area contributed by atoms with E-state index in [0.717, 1.165) is 12.1 Å². The van der Waals surface area contributed by atoms with Crippen molar-refractivity contribution in [3.05, 3.63) is 29.6 Å². The van der Waals surface area contributed by atoms with Gasteiger partial charge in [0.05, 0.1) is 0 Å². The number of nitrogens with one attached hydrogen (secondary N) is 1. The lowest BCUT2D eigenvalue weighted by Crippen LogP contribution is -2.20. The van der Waals surface area contributed by atoms with Crippen LogP contribution >= 0.6 is 0 Å². The molecule has 1 aromatic rings. The summed E-state index contributed by atoms with van der Waals surface area (Å²) in [5.41, 5.74) is 2.86. The van der Waals surface area contributed by atoms with Crippen LogP contribution in [-0.4, -0.2) is 12.0 Å². The van der Waals surface area contributed by atoms with Crippen molar-refractivity contribution in [2.24, 2.45) is 5.41 Å². The molecule has 1 atom stereocenters. The Morgan fingerprint density at radius 3 is 2.56 bits per heavy atom. The zero-order valence-corrected chi connectivity index (χ0v) is 11.2. The van der Waals surface area contributed by atoms with Crippen LogP contribution in [0, 0.1) is 12.3 Å². The smallest absolute Gasteiger partial charge is 0.0420 e. The number of nitrogens with zero attached hydrogens (tertiary/aromatic N) is 1. The van der Waals surface area contributed by atoms with Crippen molar-refractivity contribution >= 4 is 0 Å². The summed E-state index contributed by atoms with van der Waals surface area (Å²) in [6.45, 7) is 8.94. The Morgan fingerprint density at radius 1 is 1.38 bits per heavy atom. The topological polar surface area (TPSA) is 24.9 Å². The van der Waals surface area contributed by atoms with Gasteiger partial charge in [-0.15, -0.1) is 0 Å². The fourth-order valence-electron chi connectivity index (χ4n) is 1.90. The summed E-state index contributed by atoms with van der Waals surface area (Å²) in [6, 6.07) is 4.61. The van der Waals surface area contributed by atoms with Crippen LogP contribution in [0.15, 0.2) is 18.3 Å². The molecule has 16 heavy (non-hydrogen) atoms. The molecule has 0 saturated carbocycles. The second-order valence-electron chi connectivity index (χ2n) is 5.62. The van der Waals surface area contributed by atoms with Gasteiger partial charge in [0.25, 0.3) is 0 Å². The van der Waals surface area contributed by atoms with E-state index < -0.39 is 0 Å². The third-order valence-corrected chi connectivity index (χ3v) is 2.95. The number of pyridine rings is 1. The monoisotopic (exact) mass is 220 g/mol. The standard InChI is InChI=1S/C14H24N2/c1-11-12(7-6-10-16-11)13(15-5)8-9-14(2,3)4/h6-7,10,13,15H,8-9H2,1-5H3. The van der Waals surface area contributed by atoms with Crippen molar-refractivity contribution in [1.29, 1.82) is 0 Å². The van der Waals surface area contributed by atoms with Crippen LogP contribution in [0.2, 0.25) is 0 Å². The molecule has 0 aromatic carbocycles.